The number of aryl methyl sites for hydroxylation is 1. The van der Waals surface area contributed by atoms with E-state index in [0.717, 1.165) is 22.5 Å². The SMILES string of the molecule is CCNC(=O)COc1ccc(CNC(=O)c2cc(C)n(C3CCCCC3)c2C)cc1OC. The molecule has 0 spiro atoms. The normalized spacial score (nSPS) is 14.1. The number of nitrogens with zero attached hydrogens (tertiary/aromatic N) is 1. The molecule has 174 valence electrons. The Balaban J connectivity index is 1.64. The summed E-state index contributed by atoms with van der Waals surface area (Å²) < 4.78 is 13.3. The third-order valence-electron chi connectivity index (χ3n) is 6.08. The monoisotopic (exact) mass is 441 g/mol. The lowest BCUT2D eigenvalue weighted by Gasteiger charge is -2.26. The summed E-state index contributed by atoms with van der Waals surface area (Å²) in [6.45, 7) is 6.84. The fourth-order valence-corrected chi connectivity index (χ4v) is 4.52. The van der Waals surface area contributed by atoms with Gasteiger partial charge in [0.2, 0.25) is 0 Å². The van der Waals surface area contributed by atoms with Gasteiger partial charge in [-0.1, -0.05) is 25.3 Å². The number of amides is 2. The summed E-state index contributed by atoms with van der Waals surface area (Å²) in [4.78, 5) is 24.5. The summed E-state index contributed by atoms with van der Waals surface area (Å²) in [7, 11) is 1.55. The molecule has 1 saturated carbocycles. The van der Waals surface area contributed by atoms with Crippen molar-refractivity contribution in [3.63, 3.8) is 0 Å². The Morgan fingerprint density at radius 3 is 2.50 bits per heavy atom. The van der Waals surface area contributed by atoms with E-state index in [-0.39, 0.29) is 18.4 Å². The molecule has 3 rings (SSSR count). The molecule has 0 unspecified atom stereocenters. The molecule has 2 aromatic rings. The Morgan fingerprint density at radius 2 is 1.81 bits per heavy atom. The number of methoxy groups -OCH3 is 1. The van der Waals surface area contributed by atoms with Crippen molar-refractivity contribution in [1.29, 1.82) is 0 Å². The van der Waals surface area contributed by atoms with Gasteiger partial charge in [-0.3, -0.25) is 9.59 Å². The maximum Gasteiger partial charge on any atom is 0.257 e. The van der Waals surface area contributed by atoms with Crippen molar-refractivity contribution in [1.82, 2.24) is 15.2 Å². The zero-order valence-corrected chi connectivity index (χ0v) is 19.6. The molecule has 1 aliphatic carbocycles. The molecule has 1 aromatic carbocycles. The summed E-state index contributed by atoms with van der Waals surface area (Å²) in [5.41, 5.74) is 3.82. The molecule has 2 N–H and O–H groups in total. The zero-order chi connectivity index (χ0) is 23.1. The predicted molar refractivity (Wildman–Crippen MR) is 124 cm³/mol. The Morgan fingerprint density at radius 1 is 1.06 bits per heavy atom. The molecule has 32 heavy (non-hydrogen) atoms. The molecule has 7 nitrogen and oxygen atoms in total. The van der Waals surface area contributed by atoms with E-state index >= 15 is 0 Å². The van der Waals surface area contributed by atoms with Gasteiger partial charge in [0, 0.05) is 30.5 Å². The van der Waals surface area contributed by atoms with Crippen LogP contribution in [0.25, 0.3) is 0 Å². The third-order valence-corrected chi connectivity index (χ3v) is 6.08. The molecular weight excluding hydrogens is 406 g/mol. The summed E-state index contributed by atoms with van der Waals surface area (Å²) in [5.74, 6) is 0.758. The van der Waals surface area contributed by atoms with E-state index in [1.807, 2.05) is 32.0 Å². The number of aromatic nitrogens is 1. The minimum Gasteiger partial charge on any atom is -0.493 e. The van der Waals surface area contributed by atoms with Gasteiger partial charge in [-0.05, 0) is 57.4 Å². The number of nitrogens with one attached hydrogen (secondary N) is 2. The van der Waals surface area contributed by atoms with Crippen molar-refractivity contribution in [2.24, 2.45) is 0 Å². The van der Waals surface area contributed by atoms with Gasteiger partial charge in [0.1, 0.15) is 0 Å². The molecule has 1 aliphatic rings. The van der Waals surface area contributed by atoms with E-state index in [4.69, 9.17) is 9.47 Å². The van der Waals surface area contributed by atoms with E-state index < -0.39 is 0 Å². The van der Waals surface area contributed by atoms with Gasteiger partial charge >= 0.3 is 0 Å². The third kappa shape index (κ3) is 5.64. The highest BCUT2D eigenvalue weighted by Gasteiger charge is 2.22. The number of carbonyl (C=O) groups is 2. The molecule has 0 aliphatic heterocycles. The molecule has 7 heteroatoms. The van der Waals surface area contributed by atoms with Crippen molar-refractivity contribution in [2.45, 2.75) is 65.5 Å². The highest BCUT2D eigenvalue weighted by molar-refractivity contribution is 5.95. The lowest BCUT2D eigenvalue weighted by molar-refractivity contribution is -0.123. The van der Waals surface area contributed by atoms with Crippen LogP contribution in [0.1, 0.15) is 72.4 Å². The van der Waals surface area contributed by atoms with E-state index in [2.05, 4.69) is 22.1 Å². The number of ether oxygens (including phenoxy) is 2. The second-order valence-electron chi connectivity index (χ2n) is 8.36. The Bertz CT molecular complexity index is 945. The number of hydrogen-bond acceptors (Lipinski definition) is 4. The van der Waals surface area contributed by atoms with Gasteiger partial charge < -0.3 is 24.7 Å². The van der Waals surface area contributed by atoms with Crippen LogP contribution in [0.4, 0.5) is 0 Å². The standard InChI is InChI=1S/C25H35N3O4/c1-5-26-24(29)16-32-22-12-11-19(14-23(22)31-4)15-27-25(30)21-13-17(2)28(18(21)3)20-9-7-6-8-10-20/h11-14,20H,5-10,15-16H2,1-4H3,(H,26,29)(H,27,30). The summed E-state index contributed by atoms with van der Waals surface area (Å²) in [6, 6.07) is 7.94. The van der Waals surface area contributed by atoms with Crippen LogP contribution < -0.4 is 20.1 Å². The molecule has 0 bridgehead atoms. The number of rotatable bonds is 9. The van der Waals surface area contributed by atoms with Gasteiger partial charge in [-0.15, -0.1) is 0 Å². The molecular formula is C25H35N3O4. The fourth-order valence-electron chi connectivity index (χ4n) is 4.52. The second-order valence-corrected chi connectivity index (χ2v) is 8.36. The first kappa shape index (κ1) is 23.7. The number of carbonyl (C=O) groups excluding carboxylic acids is 2. The first-order valence-corrected chi connectivity index (χ1v) is 11.5. The molecule has 1 aromatic heterocycles. The Labute approximate surface area is 190 Å². The maximum atomic E-state index is 12.9. The Hall–Kier alpha value is -2.96. The highest BCUT2D eigenvalue weighted by atomic mass is 16.5. The van der Waals surface area contributed by atoms with Gasteiger partial charge in [-0.2, -0.15) is 0 Å². The smallest absolute Gasteiger partial charge is 0.257 e. The van der Waals surface area contributed by atoms with Crippen LogP contribution in [0, 0.1) is 13.8 Å². The molecule has 2 amide bonds. The van der Waals surface area contributed by atoms with E-state index in [0.29, 0.717) is 30.6 Å². The van der Waals surface area contributed by atoms with Gasteiger partial charge in [0.05, 0.1) is 12.7 Å². The maximum absolute atomic E-state index is 12.9. The van der Waals surface area contributed by atoms with Crippen molar-refractivity contribution in [2.75, 3.05) is 20.3 Å². The summed E-state index contributed by atoms with van der Waals surface area (Å²) >= 11 is 0. The summed E-state index contributed by atoms with van der Waals surface area (Å²) in [6.07, 6.45) is 6.20. The lowest BCUT2D eigenvalue weighted by Crippen LogP contribution is -2.28. The largest absolute Gasteiger partial charge is 0.493 e. The van der Waals surface area contributed by atoms with Gasteiger partial charge in [0.25, 0.3) is 11.8 Å². The average Bonchev–Trinajstić information content (AvgIpc) is 3.10. The van der Waals surface area contributed by atoms with Crippen molar-refractivity contribution in [3.05, 3.63) is 46.8 Å². The van der Waals surface area contributed by atoms with E-state index in [9.17, 15) is 9.59 Å². The minimum absolute atomic E-state index is 0.0725. The molecule has 1 fully saturated rings. The van der Waals surface area contributed by atoms with Crippen molar-refractivity contribution < 1.29 is 19.1 Å². The van der Waals surface area contributed by atoms with Crippen molar-refractivity contribution >= 4 is 11.8 Å². The quantitative estimate of drug-likeness (QED) is 0.615. The van der Waals surface area contributed by atoms with Gasteiger partial charge in [-0.25, -0.2) is 0 Å². The lowest BCUT2D eigenvalue weighted by atomic mass is 9.95. The van der Waals surface area contributed by atoms with Crippen LogP contribution in [-0.4, -0.2) is 36.6 Å². The van der Waals surface area contributed by atoms with Crippen LogP contribution in [0.15, 0.2) is 24.3 Å². The van der Waals surface area contributed by atoms with Crippen LogP contribution in [0.5, 0.6) is 11.5 Å². The highest BCUT2D eigenvalue weighted by Crippen LogP contribution is 2.32. The predicted octanol–water partition coefficient (Wildman–Crippen LogP) is 4.06. The second kappa shape index (κ2) is 11.1. The van der Waals surface area contributed by atoms with Crippen LogP contribution in [-0.2, 0) is 11.3 Å². The zero-order valence-electron chi connectivity index (χ0n) is 19.6. The van der Waals surface area contributed by atoms with Crippen LogP contribution in [0.2, 0.25) is 0 Å². The average molecular weight is 442 g/mol. The Kier molecular flexibility index (Phi) is 8.20. The first-order valence-electron chi connectivity index (χ1n) is 11.5. The van der Waals surface area contributed by atoms with Crippen LogP contribution >= 0.6 is 0 Å². The number of likely N-dealkylation sites (N-methyl/N-ethyl adjacent to an activating group) is 1. The van der Waals surface area contributed by atoms with Crippen LogP contribution in [0.3, 0.4) is 0 Å². The molecule has 0 atom stereocenters. The molecule has 0 radical (unpaired) electrons. The summed E-state index contributed by atoms with van der Waals surface area (Å²) in [5, 5.41) is 5.71. The molecule has 1 heterocycles. The molecule has 0 saturated heterocycles. The first-order chi connectivity index (χ1) is 15.4. The van der Waals surface area contributed by atoms with Gasteiger partial charge in [0.15, 0.2) is 18.1 Å². The van der Waals surface area contributed by atoms with E-state index in [1.165, 1.54) is 32.1 Å². The minimum atomic E-state index is -0.184. The van der Waals surface area contributed by atoms with E-state index in [1.54, 1.807) is 13.2 Å². The number of hydrogen-bond donors (Lipinski definition) is 2. The van der Waals surface area contributed by atoms with Crippen molar-refractivity contribution in [3.8, 4) is 11.5 Å². The number of benzene rings is 1. The topological polar surface area (TPSA) is 81.6 Å². The fraction of sp³-hybridized carbons (Fsp3) is 0.520.